The Hall–Kier alpha value is -2.38. The van der Waals surface area contributed by atoms with Gasteiger partial charge in [-0.05, 0) is 63.2 Å². The smallest absolute Gasteiger partial charge is 0.255 e. The van der Waals surface area contributed by atoms with Crippen LogP contribution in [-0.2, 0) is 10.0 Å². The van der Waals surface area contributed by atoms with E-state index < -0.39 is 15.6 Å². The molecule has 0 saturated heterocycles. The lowest BCUT2D eigenvalue weighted by molar-refractivity contribution is 0.102. The topological polar surface area (TPSA) is 84.5 Å². The number of rotatable bonds is 5. The highest BCUT2D eigenvalue weighted by Gasteiger charge is 2.22. The van der Waals surface area contributed by atoms with Crippen LogP contribution in [-0.4, -0.2) is 27.0 Å². The number of carbonyl (C=O) groups excluding carboxylic acids is 1. The van der Waals surface area contributed by atoms with E-state index in [1.54, 1.807) is 64.3 Å². The molecule has 0 fully saturated rings. The molecule has 0 aliphatic rings. The molecule has 2 aromatic carbocycles. The second-order valence-corrected chi connectivity index (χ2v) is 8.25. The van der Waals surface area contributed by atoms with Gasteiger partial charge in [0.1, 0.15) is 5.75 Å². The van der Waals surface area contributed by atoms with Crippen molar-refractivity contribution < 1.29 is 17.9 Å². The third-order valence-electron chi connectivity index (χ3n) is 3.19. The highest BCUT2D eigenvalue weighted by molar-refractivity contribution is 7.89. The first-order chi connectivity index (χ1) is 11.6. The highest BCUT2D eigenvalue weighted by atomic mass is 32.2. The number of amides is 1. The van der Waals surface area contributed by atoms with Crippen LogP contribution in [0, 0.1) is 0 Å². The summed E-state index contributed by atoms with van der Waals surface area (Å²) in [5, 5.41) is 2.70. The fourth-order valence-electron chi connectivity index (χ4n) is 2.15. The number of benzene rings is 2. The first-order valence-corrected chi connectivity index (χ1v) is 9.18. The minimum atomic E-state index is -3.67. The molecule has 0 aliphatic carbocycles. The maximum Gasteiger partial charge on any atom is 0.255 e. The molecule has 2 aromatic rings. The molecule has 7 heteroatoms. The Morgan fingerprint density at radius 1 is 1.04 bits per heavy atom. The molecule has 6 nitrogen and oxygen atoms in total. The third kappa shape index (κ3) is 5.30. The molecule has 1 amide bonds. The van der Waals surface area contributed by atoms with E-state index in [1.165, 1.54) is 12.1 Å². The normalized spacial score (nSPS) is 11.8. The summed E-state index contributed by atoms with van der Waals surface area (Å²) in [4.78, 5) is 12.4. The van der Waals surface area contributed by atoms with Crippen molar-refractivity contribution in [2.45, 2.75) is 31.2 Å². The Morgan fingerprint density at radius 3 is 2.24 bits per heavy atom. The third-order valence-corrected chi connectivity index (χ3v) is 4.95. The Labute approximate surface area is 148 Å². The molecular formula is C18H22N2O4S. The van der Waals surface area contributed by atoms with Crippen molar-refractivity contribution in [1.82, 2.24) is 4.72 Å². The van der Waals surface area contributed by atoms with Gasteiger partial charge in [-0.3, -0.25) is 4.79 Å². The van der Waals surface area contributed by atoms with Gasteiger partial charge >= 0.3 is 0 Å². The van der Waals surface area contributed by atoms with Crippen molar-refractivity contribution in [3.8, 4) is 5.75 Å². The Morgan fingerprint density at radius 2 is 1.68 bits per heavy atom. The molecule has 0 spiro atoms. The minimum absolute atomic E-state index is 0.0926. The zero-order valence-corrected chi connectivity index (χ0v) is 15.5. The van der Waals surface area contributed by atoms with Crippen LogP contribution in [0.4, 0.5) is 5.69 Å². The number of hydrogen-bond acceptors (Lipinski definition) is 4. The largest absolute Gasteiger partial charge is 0.497 e. The molecule has 0 heterocycles. The minimum Gasteiger partial charge on any atom is -0.497 e. The second kappa shape index (κ2) is 7.25. The van der Waals surface area contributed by atoms with Gasteiger partial charge < -0.3 is 10.1 Å². The van der Waals surface area contributed by atoms with Crippen molar-refractivity contribution >= 4 is 21.6 Å². The lowest BCUT2D eigenvalue weighted by Crippen LogP contribution is -2.40. The van der Waals surface area contributed by atoms with Gasteiger partial charge in [0.05, 0.1) is 12.0 Å². The summed E-state index contributed by atoms with van der Waals surface area (Å²) >= 11 is 0. The summed E-state index contributed by atoms with van der Waals surface area (Å²) in [6.07, 6.45) is 0. The molecule has 0 unspecified atom stereocenters. The van der Waals surface area contributed by atoms with E-state index in [1.807, 2.05) is 0 Å². The van der Waals surface area contributed by atoms with Crippen molar-refractivity contribution in [2.75, 3.05) is 12.4 Å². The number of nitrogens with one attached hydrogen (secondary N) is 2. The van der Waals surface area contributed by atoms with E-state index in [0.717, 1.165) is 0 Å². The van der Waals surface area contributed by atoms with E-state index in [2.05, 4.69) is 10.0 Å². The fourth-order valence-corrected chi connectivity index (χ4v) is 3.61. The zero-order chi connectivity index (χ0) is 18.7. The molecule has 134 valence electrons. The van der Waals surface area contributed by atoms with Gasteiger partial charge in [0, 0.05) is 16.8 Å². The average molecular weight is 362 g/mol. The van der Waals surface area contributed by atoms with Crippen LogP contribution in [0.2, 0.25) is 0 Å². The molecule has 0 aromatic heterocycles. The lowest BCUT2D eigenvalue weighted by Gasteiger charge is -2.20. The van der Waals surface area contributed by atoms with Crippen LogP contribution in [0.15, 0.2) is 53.4 Å². The monoisotopic (exact) mass is 362 g/mol. The average Bonchev–Trinajstić information content (AvgIpc) is 2.53. The molecule has 25 heavy (non-hydrogen) atoms. The van der Waals surface area contributed by atoms with Gasteiger partial charge in [-0.2, -0.15) is 0 Å². The van der Waals surface area contributed by atoms with E-state index in [0.29, 0.717) is 17.0 Å². The molecular weight excluding hydrogens is 340 g/mol. The van der Waals surface area contributed by atoms with Crippen molar-refractivity contribution in [2.24, 2.45) is 0 Å². The van der Waals surface area contributed by atoms with Crippen LogP contribution in [0.25, 0.3) is 0 Å². The van der Waals surface area contributed by atoms with E-state index >= 15 is 0 Å². The second-order valence-electron chi connectivity index (χ2n) is 6.57. The predicted octanol–water partition coefficient (Wildman–Crippen LogP) is 3.02. The van der Waals surface area contributed by atoms with Crippen LogP contribution < -0.4 is 14.8 Å². The first kappa shape index (κ1) is 19.0. The van der Waals surface area contributed by atoms with Crippen LogP contribution in [0.1, 0.15) is 31.1 Å². The molecule has 0 aliphatic heterocycles. The van der Waals surface area contributed by atoms with Gasteiger partial charge in [0.25, 0.3) is 5.91 Å². The van der Waals surface area contributed by atoms with Gasteiger partial charge in [-0.1, -0.05) is 6.07 Å². The van der Waals surface area contributed by atoms with Gasteiger partial charge in [-0.25, -0.2) is 13.1 Å². The summed E-state index contributed by atoms with van der Waals surface area (Å²) < 4.78 is 32.4. The standard InChI is InChI=1S/C18H22N2O4S/c1-18(2,3)20-25(22,23)16-7-5-6-14(12-16)19-17(21)13-8-10-15(24-4)11-9-13/h5-12,20H,1-4H3,(H,19,21). The van der Waals surface area contributed by atoms with Crippen LogP contribution >= 0.6 is 0 Å². The summed E-state index contributed by atoms with van der Waals surface area (Å²) in [5.41, 5.74) is 0.251. The first-order valence-electron chi connectivity index (χ1n) is 7.70. The zero-order valence-electron chi connectivity index (χ0n) is 14.7. The number of sulfonamides is 1. The molecule has 0 radical (unpaired) electrons. The number of carbonyl (C=O) groups is 1. The number of ether oxygens (including phenoxy) is 1. The Balaban J connectivity index is 2.19. The summed E-state index contributed by atoms with van der Waals surface area (Å²) in [5.74, 6) is 0.318. The maximum atomic E-state index is 12.4. The fraction of sp³-hybridized carbons (Fsp3) is 0.278. The molecule has 2 N–H and O–H groups in total. The van der Waals surface area contributed by atoms with E-state index in [-0.39, 0.29) is 10.8 Å². The molecule has 0 atom stereocenters. The van der Waals surface area contributed by atoms with Gasteiger partial charge in [0.15, 0.2) is 0 Å². The number of methoxy groups -OCH3 is 1. The Bertz CT molecular complexity index is 853. The van der Waals surface area contributed by atoms with E-state index in [9.17, 15) is 13.2 Å². The van der Waals surface area contributed by atoms with Gasteiger partial charge in [-0.15, -0.1) is 0 Å². The van der Waals surface area contributed by atoms with Crippen molar-refractivity contribution in [3.63, 3.8) is 0 Å². The quantitative estimate of drug-likeness (QED) is 0.856. The summed E-state index contributed by atoms with van der Waals surface area (Å²) in [6.45, 7) is 5.29. The maximum absolute atomic E-state index is 12.4. The summed E-state index contributed by atoms with van der Waals surface area (Å²) in [7, 11) is -2.12. The molecule has 2 rings (SSSR count). The SMILES string of the molecule is COc1ccc(C(=O)Nc2cccc(S(=O)(=O)NC(C)(C)C)c2)cc1. The molecule has 0 bridgehead atoms. The predicted molar refractivity (Wildman–Crippen MR) is 97.5 cm³/mol. The van der Waals surface area contributed by atoms with E-state index in [4.69, 9.17) is 4.74 Å². The lowest BCUT2D eigenvalue weighted by atomic mass is 10.1. The number of hydrogen-bond donors (Lipinski definition) is 2. The van der Waals surface area contributed by atoms with Crippen molar-refractivity contribution in [1.29, 1.82) is 0 Å². The summed E-state index contributed by atoms with van der Waals surface area (Å²) in [6, 6.07) is 12.8. The molecule has 0 saturated carbocycles. The van der Waals surface area contributed by atoms with Gasteiger partial charge in [0.2, 0.25) is 10.0 Å². The number of anilines is 1. The van der Waals surface area contributed by atoms with Crippen LogP contribution in [0.5, 0.6) is 5.75 Å². The Kier molecular flexibility index (Phi) is 5.49. The highest BCUT2D eigenvalue weighted by Crippen LogP contribution is 2.19. The van der Waals surface area contributed by atoms with Crippen molar-refractivity contribution in [3.05, 3.63) is 54.1 Å². The van der Waals surface area contributed by atoms with Crippen LogP contribution in [0.3, 0.4) is 0 Å².